The molecular weight excluding hydrogens is 437 g/mol. The second kappa shape index (κ2) is 7.54. The first kappa shape index (κ1) is 16.6. The quantitative estimate of drug-likeness (QED) is 0.586. The molecular formula is C17H12IN3O2S. The van der Waals surface area contributed by atoms with Crippen LogP contribution in [0.4, 0.5) is 11.5 Å². The number of carbonyl (C=O) groups is 2. The molecule has 2 heterocycles. The van der Waals surface area contributed by atoms with Crippen LogP contribution >= 0.6 is 33.9 Å². The van der Waals surface area contributed by atoms with Crippen LogP contribution in [0.5, 0.6) is 0 Å². The fraction of sp³-hybridized carbons (Fsp3) is 0. The van der Waals surface area contributed by atoms with Gasteiger partial charge in [-0.3, -0.25) is 9.59 Å². The molecule has 0 atom stereocenters. The summed E-state index contributed by atoms with van der Waals surface area (Å²) in [5.41, 5.74) is 0.847. The number of hydrogen-bond acceptors (Lipinski definition) is 4. The highest BCUT2D eigenvalue weighted by molar-refractivity contribution is 14.1. The van der Waals surface area contributed by atoms with Crippen molar-refractivity contribution in [3.63, 3.8) is 0 Å². The van der Waals surface area contributed by atoms with Gasteiger partial charge in [0.15, 0.2) is 0 Å². The number of benzene rings is 1. The summed E-state index contributed by atoms with van der Waals surface area (Å²) in [6.07, 6.45) is 1.60. The van der Waals surface area contributed by atoms with E-state index in [9.17, 15) is 9.59 Å². The topological polar surface area (TPSA) is 71.1 Å². The van der Waals surface area contributed by atoms with Crippen molar-refractivity contribution < 1.29 is 9.59 Å². The summed E-state index contributed by atoms with van der Waals surface area (Å²) in [5.74, 6) is -0.108. The standard InChI is InChI=1S/C17H12IN3O2S/c18-11-6-7-13(20-17(23)14-4-3-9-24-14)12(10-11)16(22)21-15-5-1-2-8-19-15/h1-10H,(H,20,23)(H,19,21,22). The van der Waals surface area contributed by atoms with E-state index in [1.54, 1.807) is 42.6 Å². The van der Waals surface area contributed by atoms with Crippen molar-refractivity contribution >= 4 is 57.2 Å². The summed E-state index contributed by atoms with van der Waals surface area (Å²) in [5, 5.41) is 7.36. The summed E-state index contributed by atoms with van der Waals surface area (Å²) < 4.78 is 0.896. The Balaban J connectivity index is 1.85. The van der Waals surface area contributed by atoms with Gasteiger partial charge in [-0.1, -0.05) is 12.1 Å². The van der Waals surface area contributed by atoms with Crippen molar-refractivity contribution in [3.05, 3.63) is 74.1 Å². The van der Waals surface area contributed by atoms with E-state index in [1.165, 1.54) is 11.3 Å². The van der Waals surface area contributed by atoms with Gasteiger partial charge in [-0.15, -0.1) is 11.3 Å². The predicted octanol–water partition coefficient (Wildman–Crippen LogP) is 4.25. The minimum absolute atomic E-state index is 0.238. The molecule has 0 fully saturated rings. The number of thiophene rings is 1. The molecule has 0 bridgehead atoms. The molecule has 2 amide bonds. The molecule has 2 N–H and O–H groups in total. The lowest BCUT2D eigenvalue weighted by molar-refractivity contribution is 0.102. The lowest BCUT2D eigenvalue weighted by Gasteiger charge is -2.11. The van der Waals surface area contributed by atoms with Crippen LogP contribution in [0, 0.1) is 3.57 Å². The maximum atomic E-state index is 12.6. The van der Waals surface area contributed by atoms with Crippen molar-refractivity contribution in [2.75, 3.05) is 10.6 Å². The van der Waals surface area contributed by atoms with Gasteiger partial charge in [-0.05, 0) is 64.4 Å². The lowest BCUT2D eigenvalue weighted by atomic mass is 10.1. The van der Waals surface area contributed by atoms with Gasteiger partial charge in [0.25, 0.3) is 11.8 Å². The SMILES string of the molecule is O=C(Nc1ccc(I)cc1C(=O)Nc1ccccn1)c1cccs1. The average Bonchev–Trinajstić information content (AvgIpc) is 3.12. The zero-order chi connectivity index (χ0) is 16.9. The smallest absolute Gasteiger partial charge is 0.265 e. The van der Waals surface area contributed by atoms with Crippen molar-refractivity contribution in [1.82, 2.24) is 4.98 Å². The van der Waals surface area contributed by atoms with Crippen LogP contribution < -0.4 is 10.6 Å². The van der Waals surface area contributed by atoms with Crippen molar-refractivity contribution in [3.8, 4) is 0 Å². The van der Waals surface area contributed by atoms with E-state index in [4.69, 9.17) is 0 Å². The normalized spacial score (nSPS) is 10.2. The molecule has 3 aromatic rings. The molecule has 0 spiro atoms. The number of rotatable bonds is 4. The van der Waals surface area contributed by atoms with Gasteiger partial charge in [0.2, 0.25) is 0 Å². The highest BCUT2D eigenvalue weighted by Gasteiger charge is 2.16. The summed E-state index contributed by atoms with van der Waals surface area (Å²) in [7, 11) is 0. The Labute approximate surface area is 156 Å². The zero-order valence-corrected chi connectivity index (χ0v) is 15.3. The van der Waals surface area contributed by atoms with E-state index in [0.29, 0.717) is 21.9 Å². The molecule has 1 aromatic carbocycles. The average molecular weight is 449 g/mol. The number of aromatic nitrogens is 1. The summed E-state index contributed by atoms with van der Waals surface area (Å²) in [4.78, 5) is 29.5. The van der Waals surface area contributed by atoms with Gasteiger partial charge in [0.05, 0.1) is 16.1 Å². The highest BCUT2D eigenvalue weighted by Crippen LogP contribution is 2.22. The van der Waals surface area contributed by atoms with Gasteiger partial charge in [0.1, 0.15) is 5.82 Å². The van der Waals surface area contributed by atoms with E-state index in [1.807, 2.05) is 17.5 Å². The van der Waals surface area contributed by atoms with Crippen LogP contribution in [0.2, 0.25) is 0 Å². The number of pyridine rings is 1. The monoisotopic (exact) mass is 449 g/mol. The van der Waals surface area contributed by atoms with Gasteiger partial charge < -0.3 is 10.6 Å². The molecule has 0 saturated heterocycles. The molecule has 7 heteroatoms. The molecule has 0 aliphatic carbocycles. The van der Waals surface area contributed by atoms with Crippen LogP contribution in [0.3, 0.4) is 0 Å². The molecule has 0 unspecified atom stereocenters. The first-order valence-electron chi connectivity index (χ1n) is 7.00. The van der Waals surface area contributed by atoms with E-state index in [-0.39, 0.29) is 11.8 Å². The van der Waals surface area contributed by atoms with Crippen LogP contribution in [0.1, 0.15) is 20.0 Å². The number of hydrogen-bond donors (Lipinski definition) is 2. The maximum absolute atomic E-state index is 12.6. The maximum Gasteiger partial charge on any atom is 0.265 e. The third-order valence-electron chi connectivity index (χ3n) is 3.13. The predicted molar refractivity (Wildman–Crippen MR) is 104 cm³/mol. The van der Waals surface area contributed by atoms with Gasteiger partial charge in [0, 0.05) is 9.77 Å². The molecule has 5 nitrogen and oxygen atoms in total. The minimum atomic E-state index is -0.325. The van der Waals surface area contributed by atoms with E-state index >= 15 is 0 Å². The summed E-state index contributed by atoms with van der Waals surface area (Å²) >= 11 is 3.47. The number of nitrogens with zero attached hydrogens (tertiary/aromatic N) is 1. The number of halogens is 1. The van der Waals surface area contributed by atoms with Crippen molar-refractivity contribution in [2.24, 2.45) is 0 Å². The first-order chi connectivity index (χ1) is 11.6. The van der Waals surface area contributed by atoms with Crippen LogP contribution in [0.15, 0.2) is 60.1 Å². The fourth-order valence-electron chi connectivity index (χ4n) is 2.03. The molecule has 0 aliphatic rings. The summed E-state index contributed by atoms with van der Waals surface area (Å²) in [6, 6.07) is 14.1. The van der Waals surface area contributed by atoms with Gasteiger partial charge in [-0.25, -0.2) is 4.98 Å². The van der Waals surface area contributed by atoms with Crippen LogP contribution in [0.25, 0.3) is 0 Å². The van der Waals surface area contributed by atoms with Gasteiger partial charge >= 0.3 is 0 Å². The Morgan fingerprint density at radius 3 is 2.58 bits per heavy atom. The molecule has 0 saturated carbocycles. The fourth-order valence-corrected chi connectivity index (χ4v) is 3.14. The number of amides is 2. The van der Waals surface area contributed by atoms with Crippen LogP contribution in [-0.4, -0.2) is 16.8 Å². The van der Waals surface area contributed by atoms with Crippen LogP contribution in [-0.2, 0) is 0 Å². The molecule has 2 aromatic heterocycles. The van der Waals surface area contributed by atoms with E-state index in [2.05, 4.69) is 38.2 Å². The number of carbonyl (C=O) groups excluding carboxylic acids is 2. The second-order valence-electron chi connectivity index (χ2n) is 4.79. The Bertz CT molecular complexity index is 867. The van der Waals surface area contributed by atoms with Crippen molar-refractivity contribution in [1.29, 1.82) is 0 Å². The first-order valence-corrected chi connectivity index (χ1v) is 8.96. The second-order valence-corrected chi connectivity index (χ2v) is 6.98. The Morgan fingerprint density at radius 1 is 1.00 bits per heavy atom. The molecule has 120 valence electrons. The molecule has 3 rings (SSSR count). The Morgan fingerprint density at radius 2 is 1.88 bits per heavy atom. The zero-order valence-electron chi connectivity index (χ0n) is 12.3. The molecule has 0 radical (unpaired) electrons. The molecule has 0 aliphatic heterocycles. The van der Waals surface area contributed by atoms with E-state index < -0.39 is 0 Å². The highest BCUT2D eigenvalue weighted by atomic mass is 127. The Hall–Kier alpha value is -2.26. The largest absolute Gasteiger partial charge is 0.321 e. The minimum Gasteiger partial charge on any atom is -0.321 e. The third-order valence-corrected chi connectivity index (χ3v) is 4.67. The Kier molecular flexibility index (Phi) is 5.21. The lowest BCUT2D eigenvalue weighted by Crippen LogP contribution is -2.18. The van der Waals surface area contributed by atoms with Gasteiger partial charge in [-0.2, -0.15) is 0 Å². The summed E-state index contributed by atoms with van der Waals surface area (Å²) in [6.45, 7) is 0. The molecule has 24 heavy (non-hydrogen) atoms. The van der Waals surface area contributed by atoms with E-state index in [0.717, 1.165) is 3.57 Å². The number of anilines is 2. The number of nitrogens with one attached hydrogen (secondary N) is 2. The third kappa shape index (κ3) is 3.98. The van der Waals surface area contributed by atoms with Crippen molar-refractivity contribution in [2.45, 2.75) is 0 Å².